The van der Waals surface area contributed by atoms with Gasteiger partial charge in [0.1, 0.15) is 0 Å². The van der Waals surface area contributed by atoms with Gasteiger partial charge in [0.15, 0.2) is 11.5 Å². The van der Waals surface area contributed by atoms with E-state index in [1.807, 2.05) is 25.1 Å². The molecule has 0 spiro atoms. The van der Waals surface area contributed by atoms with Crippen molar-refractivity contribution in [1.29, 1.82) is 0 Å². The number of carbonyl (C=O) groups is 1. The predicted octanol–water partition coefficient (Wildman–Crippen LogP) is 3.22. The number of ether oxygens (including phenoxy) is 2. The van der Waals surface area contributed by atoms with Crippen molar-refractivity contribution in [3.63, 3.8) is 0 Å². The van der Waals surface area contributed by atoms with Gasteiger partial charge in [-0.15, -0.1) is 0 Å². The van der Waals surface area contributed by atoms with E-state index in [2.05, 4.69) is 0 Å². The van der Waals surface area contributed by atoms with Crippen LogP contribution in [0.15, 0.2) is 48.5 Å². The molecule has 0 aliphatic heterocycles. The van der Waals surface area contributed by atoms with Crippen molar-refractivity contribution < 1.29 is 14.3 Å². The molecule has 0 atom stereocenters. The number of esters is 1. The van der Waals surface area contributed by atoms with Crippen LogP contribution < -0.4 is 9.47 Å². The lowest BCUT2D eigenvalue weighted by molar-refractivity contribution is 0.0730. The van der Waals surface area contributed by atoms with Gasteiger partial charge < -0.3 is 9.47 Å². The fourth-order valence-corrected chi connectivity index (χ4v) is 1.55. The molecule has 2 aromatic carbocycles. The molecule has 0 N–H and O–H groups in total. The lowest BCUT2D eigenvalue weighted by Crippen LogP contribution is -2.09. The molecule has 18 heavy (non-hydrogen) atoms. The van der Waals surface area contributed by atoms with Crippen LogP contribution in [0.25, 0.3) is 0 Å². The Bertz CT molecular complexity index is 544. The molecule has 0 unspecified atom stereocenters. The van der Waals surface area contributed by atoms with Gasteiger partial charge in [-0.05, 0) is 31.2 Å². The summed E-state index contributed by atoms with van der Waals surface area (Å²) >= 11 is 0. The van der Waals surface area contributed by atoms with Crippen molar-refractivity contribution >= 4 is 5.97 Å². The molecule has 0 aliphatic carbocycles. The van der Waals surface area contributed by atoms with E-state index in [1.54, 1.807) is 37.4 Å². The maximum absolute atomic E-state index is 11.9. The van der Waals surface area contributed by atoms with Crippen LogP contribution in [-0.2, 0) is 0 Å². The zero-order chi connectivity index (χ0) is 13.0. The highest BCUT2D eigenvalue weighted by Crippen LogP contribution is 2.26. The van der Waals surface area contributed by atoms with E-state index in [4.69, 9.17) is 9.47 Å². The summed E-state index contributed by atoms with van der Waals surface area (Å²) in [5.41, 5.74) is 1.62. The van der Waals surface area contributed by atoms with Crippen molar-refractivity contribution in [2.45, 2.75) is 6.92 Å². The number of carbonyl (C=O) groups excluding carboxylic acids is 1. The van der Waals surface area contributed by atoms with Gasteiger partial charge in [-0.1, -0.05) is 29.8 Å². The fourth-order valence-electron chi connectivity index (χ4n) is 1.55. The fraction of sp³-hybridized carbons (Fsp3) is 0.133. The lowest BCUT2D eigenvalue weighted by atomic mass is 10.1. The molecule has 0 bridgehead atoms. The third kappa shape index (κ3) is 2.69. The van der Waals surface area contributed by atoms with Gasteiger partial charge in [-0.3, -0.25) is 0 Å². The number of benzene rings is 2. The van der Waals surface area contributed by atoms with Crippen LogP contribution in [0.3, 0.4) is 0 Å². The molecule has 0 heterocycles. The van der Waals surface area contributed by atoms with Crippen molar-refractivity contribution in [1.82, 2.24) is 0 Å². The van der Waals surface area contributed by atoms with Gasteiger partial charge in [0, 0.05) is 0 Å². The van der Waals surface area contributed by atoms with Gasteiger partial charge in [0.25, 0.3) is 0 Å². The number of aryl methyl sites for hydroxylation is 1. The summed E-state index contributed by atoms with van der Waals surface area (Å²) in [5.74, 6) is 0.572. The van der Waals surface area contributed by atoms with E-state index in [-0.39, 0.29) is 5.97 Å². The zero-order valence-corrected chi connectivity index (χ0v) is 10.3. The largest absolute Gasteiger partial charge is 0.493 e. The second-order valence-electron chi connectivity index (χ2n) is 3.91. The highest BCUT2D eigenvalue weighted by Gasteiger charge is 2.11. The average molecular weight is 242 g/mol. The first-order chi connectivity index (χ1) is 8.70. The van der Waals surface area contributed by atoms with Gasteiger partial charge in [-0.2, -0.15) is 0 Å². The normalized spacial score (nSPS) is 9.89. The van der Waals surface area contributed by atoms with E-state index in [9.17, 15) is 4.79 Å². The number of hydrogen-bond donors (Lipinski definition) is 0. The molecule has 0 aliphatic rings. The zero-order valence-electron chi connectivity index (χ0n) is 10.3. The monoisotopic (exact) mass is 242 g/mol. The summed E-state index contributed by atoms with van der Waals surface area (Å²) in [6.45, 7) is 1.97. The van der Waals surface area contributed by atoms with Crippen LogP contribution in [0.4, 0.5) is 0 Å². The molecular formula is C15H14O3. The van der Waals surface area contributed by atoms with Crippen LogP contribution in [0.5, 0.6) is 11.5 Å². The number of rotatable bonds is 3. The van der Waals surface area contributed by atoms with Crippen LogP contribution in [0.1, 0.15) is 15.9 Å². The second-order valence-corrected chi connectivity index (χ2v) is 3.91. The topological polar surface area (TPSA) is 35.5 Å². The molecule has 2 rings (SSSR count). The SMILES string of the molecule is COc1ccccc1OC(=O)c1ccc(C)cc1. The second kappa shape index (κ2) is 5.36. The summed E-state index contributed by atoms with van der Waals surface area (Å²) in [7, 11) is 1.54. The van der Waals surface area contributed by atoms with E-state index < -0.39 is 0 Å². The van der Waals surface area contributed by atoms with Crippen LogP contribution in [0, 0.1) is 6.92 Å². The first-order valence-corrected chi connectivity index (χ1v) is 5.62. The van der Waals surface area contributed by atoms with Crippen molar-refractivity contribution in [2.75, 3.05) is 7.11 Å². The van der Waals surface area contributed by atoms with Crippen LogP contribution in [-0.4, -0.2) is 13.1 Å². The van der Waals surface area contributed by atoms with Crippen molar-refractivity contribution in [2.24, 2.45) is 0 Å². The lowest BCUT2D eigenvalue weighted by Gasteiger charge is -2.08. The standard InChI is InChI=1S/C15H14O3/c1-11-7-9-12(10-8-11)15(16)18-14-6-4-3-5-13(14)17-2/h3-10H,1-2H3. The summed E-state index contributed by atoms with van der Waals surface area (Å²) in [6.07, 6.45) is 0. The smallest absolute Gasteiger partial charge is 0.343 e. The van der Waals surface area contributed by atoms with E-state index in [0.29, 0.717) is 17.1 Å². The van der Waals surface area contributed by atoms with E-state index in [1.165, 1.54) is 0 Å². The molecule has 92 valence electrons. The molecule has 0 fully saturated rings. The van der Waals surface area contributed by atoms with Gasteiger partial charge >= 0.3 is 5.97 Å². The highest BCUT2D eigenvalue weighted by molar-refractivity contribution is 5.91. The number of para-hydroxylation sites is 2. The minimum Gasteiger partial charge on any atom is -0.493 e. The quantitative estimate of drug-likeness (QED) is 0.612. The van der Waals surface area contributed by atoms with Gasteiger partial charge in [-0.25, -0.2) is 4.79 Å². The molecule has 2 aromatic rings. The Kier molecular flexibility index (Phi) is 3.63. The summed E-state index contributed by atoms with van der Waals surface area (Å²) in [4.78, 5) is 11.9. The summed E-state index contributed by atoms with van der Waals surface area (Å²) in [5, 5.41) is 0. The Labute approximate surface area is 106 Å². The third-order valence-corrected chi connectivity index (χ3v) is 2.56. The molecule has 0 saturated carbocycles. The van der Waals surface area contributed by atoms with Crippen molar-refractivity contribution in [3.05, 3.63) is 59.7 Å². The average Bonchev–Trinajstić information content (AvgIpc) is 2.40. The van der Waals surface area contributed by atoms with Crippen LogP contribution in [0.2, 0.25) is 0 Å². The molecule has 3 nitrogen and oxygen atoms in total. The first-order valence-electron chi connectivity index (χ1n) is 5.62. The number of hydrogen-bond acceptors (Lipinski definition) is 3. The highest BCUT2D eigenvalue weighted by atomic mass is 16.6. The minimum absolute atomic E-state index is 0.389. The molecule has 0 radical (unpaired) electrons. The maximum atomic E-state index is 11.9. The molecule has 0 saturated heterocycles. The molecule has 0 amide bonds. The number of methoxy groups -OCH3 is 1. The summed E-state index contributed by atoms with van der Waals surface area (Å²) in [6, 6.07) is 14.3. The maximum Gasteiger partial charge on any atom is 0.343 e. The van der Waals surface area contributed by atoms with Gasteiger partial charge in [0.05, 0.1) is 12.7 Å². The summed E-state index contributed by atoms with van der Waals surface area (Å²) < 4.78 is 10.4. The Hall–Kier alpha value is -2.29. The van der Waals surface area contributed by atoms with Gasteiger partial charge in [0.2, 0.25) is 0 Å². The minimum atomic E-state index is -0.389. The predicted molar refractivity (Wildman–Crippen MR) is 69.1 cm³/mol. The molecule has 0 aromatic heterocycles. The molecule has 3 heteroatoms. The Balaban J connectivity index is 2.18. The third-order valence-electron chi connectivity index (χ3n) is 2.56. The van der Waals surface area contributed by atoms with E-state index in [0.717, 1.165) is 5.56 Å². The van der Waals surface area contributed by atoms with E-state index >= 15 is 0 Å². The van der Waals surface area contributed by atoms with Crippen LogP contribution >= 0.6 is 0 Å². The Morgan fingerprint density at radius 2 is 1.56 bits per heavy atom. The Morgan fingerprint density at radius 3 is 2.17 bits per heavy atom. The van der Waals surface area contributed by atoms with Crippen molar-refractivity contribution in [3.8, 4) is 11.5 Å². The molecular weight excluding hydrogens is 228 g/mol. The Morgan fingerprint density at radius 1 is 0.944 bits per heavy atom. The first kappa shape index (κ1) is 12.2.